The molecule has 60 heavy (non-hydrogen) atoms. The Bertz CT molecular complexity index is 2520. The number of esters is 1. The fraction of sp³-hybridized carbons (Fsp3) is 0.256. The van der Waals surface area contributed by atoms with Crippen molar-refractivity contribution in [2.75, 3.05) is 25.0 Å². The number of phenolic OH excluding ortho intramolecular Hbond substituents is 3. The number of carbonyl (C=O) groups is 3. The molecular weight excluding hydrogens is 797 g/mol. The van der Waals surface area contributed by atoms with Crippen LogP contribution < -0.4 is 21.5 Å². The number of thiocarbonyl (C=S) groups is 1. The Balaban J connectivity index is 0.974. The summed E-state index contributed by atoms with van der Waals surface area (Å²) in [4.78, 5) is 60.1. The van der Waals surface area contributed by atoms with Crippen LogP contribution in [0.2, 0.25) is 0 Å². The number of rotatable bonds is 10. The Labute approximate surface area is 348 Å². The Morgan fingerprint density at radius 1 is 0.917 bits per heavy atom. The normalized spacial score (nSPS) is 16.0. The first-order valence-electron chi connectivity index (χ1n) is 19.0. The van der Waals surface area contributed by atoms with Gasteiger partial charge in [0.15, 0.2) is 10.5 Å². The third-order valence-corrected chi connectivity index (χ3v) is 9.63. The van der Waals surface area contributed by atoms with Crippen molar-refractivity contribution in [2.24, 2.45) is 5.16 Å². The summed E-state index contributed by atoms with van der Waals surface area (Å²) in [6, 6.07) is 15.9. The zero-order chi connectivity index (χ0) is 42.8. The van der Waals surface area contributed by atoms with E-state index in [4.69, 9.17) is 31.0 Å². The van der Waals surface area contributed by atoms with Gasteiger partial charge in [-0.2, -0.15) is 5.48 Å². The van der Waals surface area contributed by atoms with Gasteiger partial charge in [0.25, 0.3) is 0 Å². The number of carboxylic acids is 1. The van der Waals surface area contributed by atoms with Crippen molar-refractivity contribution in [1.82, 2.24) is 10.8 Å². The quantitative estimate of drug-likeness (QED) is 0.0255. The number of hydrogen-bond donors (Lipinski definition) is 7. The molecule has 0 spiro atoms. The first kappa shape index (κ1) is 42.6. The van der Waals surface area contributed by atoms with Gasteiger partial charge in [-0.3, -0.25) is 4.79 Å². The molecule has 0 fully saturated rings. The van der Waals surface area contributed by atoms with Gasteiger partial charge in [-0.1, -0.05) is 23.4 Å². The molecule has 3 aliphatic rings. The molecule has 17 heteroatoms. The SMILES string of the molecule is CC1CCC/C(=N/OCC(=O)ONCCNC(=S)Nc2ccc(-c3c4ccc(=O)cc-4oc4cc(O)ccc34)c(C(=O)O)c2)CCC/C=C/c2cc(O)cc(O)c2C(=O)O1. The van der Waals surface area contributed by atoms with Crippen LogP contribution in [0, 0.1) is 0 Å². The number of nitrogens with zero attached hydrogens (tertiary/aromatic N) is 1. The van der Waals surface area contributed by atoms with Gasteiger partial charge in [-0.25, -0.2) is 14.4 Å². The second kappa shape index (κ2) is 19.6. The fourth-order valence-electron chi connectivity index (χ4n) is 6.64. The number of benzene rings is 4. The summed E-state index contributed by atoms with van der Waals surface area (Å²) in [6.45, 7) is 1.68. The zero-order valence-corrected chi connectivity index (χ0v) is 33.2. The van der Waals surface area contributed by atoms with E-state index in [1.54, 1.807) is 37.3 Å². The van der Waals surface area contributed by atoms with Gasteiger partial charge < -0.3 is 49.9 Å². The number of allylic oxidation sites excluding steroid dienone is 1. The van der Waals surface area contributed by atoms with Crippen LogP contribution in [0.25, 0.3) is 39.5 Å². The molecule has 16 nitrogen and oxygen atoms in total. The minimum Gasteiger partial charge on any atom is -0.508 e. The number of carbonyl (C=O) groups excluding carboxylic acids is 2. The molecule has 1 unspecified atom stereocenters. The lowest BCUT2D eigenvalue weighted by Gasteiger charge is -2.18. The van der Waals surface area contributed by atoms with Crippen LogP contribution in [0.15, 0.2) is 87.2 Å². The smallest absolute Gasteiger partial charge is 0.365 e. The topological polar surface area (TPSA) is 238 Å². The molecule has 6 rings (SSSR count). The highest BCUT2D eigenvalue weighted by Crippen LogP contribution is 2.42. The highest BCUT2D eigenvalue weighted by atomic mass is 32.1. The van der Waals surface area contributed by atoms with Crippen LogP contribution in [0.4, 0.5) is 5.69 Å². The molecular formula is C43H42N4O12S. The Morgan fingerprint density at radius 2 is 1.72 bits per heavy atom. The number of anilines is 1. The molecule has 7 N–H and O–H groups in total. The highest BCUT2D eigenvalue weighted by molar-refractivity contribution is 7.80. The molecule has 0 aromatic heterocycles. The van der Waals surface area contributed by atoms with Gasteiger partial charge in [0.2, 0.25) is 6.61 Å². The summed E-state index contributed by atoms with van der Waals surface area (Å²) >= 11 is 5.39. The van der Waals surface area contributed by atoms with Crippen LogP contribution in [0.5, 0.6) is 17.2 Å². The maximum Gasteiger partial charge on any atom is 0.365 e. The van der Waals surface area contributed by atoms with E-state index in [0.717, 1.165) is 11.8 Å². The Kier molecular flexibility index (Phi) is 14.0. The minimum atomic E-state index is -1.21. The number of cyclic esters (lactones) is 1. The van der Waals surface area contributed by atoms with E-state index in [1.165, 1.54) is 36.4 Å². The first-order valence-corrected chi connectivity index (χ1v) is 19.4. The number of hydroxylamine groups is 1. The van der Waals surface area contributed by atoms with Crippen molar-refractivity contribution >= 4 is 63.7 Å². The van der Waals surface area contributed by atoms with Gasteiger partial charge >= 0.3 is 17.9 Å². The molecule has 1 atom stereocenters. The van der Waals surface area contributed by atoms with Crippen LogP contribution in [0.1, 0.15) is 71.7 Å². The maximum absolute atomic E-state index is 12.8. The molecule has 2 aliphatic heterocycles. The second-order valence-corrected chi connectivity index (χ2v) is 14.3. The van der Waals surface area contributed by atoms with Gasteiger partial charge in [0.1, 0.15) is 34.2 Å². The molecule has 0 radical (unpaired) electrons. The summed E-state index contributed by atoms with van der Waals surface area (Å²) in [6.07, 6.45) is 6.57. The maximum atomic E-state index is 12.8. The van der Waals surface area contributed by atoms with Crippen LogP contribution >= 0.6 is 12.2 Å². The summed E-state index contributed by atoms with van der Waals surface area (Å²) in [5.41, 5.74) is 5.29. The number of aromatic hydroxyl groups is 3. The van der Waals surface area contributed by atoms with E-state index in [2.05, 4.69) is 21.3 Å². The van der Waals surface area contributed by atoms with E-state index in [9.17, 15) is 39.6 Å². The van der Waals surface area contributed by atoms with Gasteiger partial charge in [-0.05, 0) is 111 Å². The van der Waals surface area contributed by atoms with Crippen LogP contribution in [-0.2, 0) is 19.2 Å². The lowest BCUT2D eigenvalue weighted by Crippen LogP contribution is -2.35. The van der Waals surface area contributed by atoms with Crippen LogP contribution in [-0.4, -0.2) is 75.0 Å². The number of ether oxygens (including phenoxy) is 1. The van der Waals surface area contributed by atoms with Crippen LogP contribution in [0.3, 0.4) is 0 Å². The first-order chi connectivity index (χ1) is 28.9. The second-order valence-electron chi connectivity index (χ2n) is 13.9. The van der Waals surface area contributed by atoms with Crippen molar-refractivity contribution in [3.63, 3.8) is 0 Å². The van der Waals surface area contributed by atoms with Crippen molar-refractivity contribution in [1.29, 1.82) is 0 Å². The number of fused-ring (bicyclic) bond motifs is 3. The van der Waals surface area contributed by atoms with Crippen molar-refractivity contribution in [3.05, 3.63) is 99.7 Å². The number of phenols is 3. The van der Waals surface area contributed by atoms with Crippen molar-refractivity contribution < 1.29 is 53.6 Å². The monoisotopic (exact) mass is 838 g/mol. The molecule has 1 aliphatic carbocycles. The lowest BCUT2D eigenvalue weighted by atomic mass is 9.90. The molecule has 2 heterocycles. The predicted molar refractivity (Wildman–Crippen MR) is 226 cm³/mol. The fourth-order valence-corrected chi connectivity index (χ4v) is 6.86. The number of nitrogens with one attached hydrogen (secondary N) is 3. The molecule has 312 valence electrons. The number of oxime groups is 1. The summed E-state index contributed by atoms with van der Waals surface area (Å²) in [5, 5.41) is 51.3. The van der Waals surface area contributed by atoms with Gasteiger partial charge in [0, 0.05) is 53.5 Å². The van der Waals surface area contributed by atoms with Gasteiger partial charge in [0.05, 0.1) is 17.4 Å². The average molecular weight is 839 g/mol. The molecule has 0 saturated carbocycles. The molecule has 0 amide bonds. The highest BCUT2D eigenvalue weighted by Gasteiger charge is 2.23. The lowest BCUT2D eigenvalue weighted by molar-refractivity contribution is -0.156. The summed E-state index contributed by atoms with van der Waals surface area (Å²) in [5.74, 6) is -2.97. The number of hydrogen-bond acceptors (Lipinski definition) is 14. The third kappa shape index (κ3) is 10.9. The zero-order valence-electron chi connectivity index (χ0n) is 32.4. The number of carboxylic acid groups (broad SMARTS) is 1. The minimum absolute atomic E-state index is 0.00472. The van der Waals surface area contributed by atoms with E-state index >= 15 is 0 Å². The average Bonchev–Trinajstić information content (AvgIpc) is 3.18. The van der Waals surface area contributed by atoms with Crippen molar-refractivity contribution in [2.45, 2.75) is 51.6 Å². The van der Waals surface area contributed by atoms with E-state index in [0.29, 0.717) is 71.9 Å². The van der Waals surface area contributed by atoms with E-state index in [1.807, 2.05) is 6.08 Å². The Hall–Kier alpha value is -6.98. The summed E-state index contributed by atoms with van der Waals surface area (Å²) in [7, 11) is 0. The van der Waals surface area contributed by atoms with E-state index < -0.39 is 30.6 Å². The van der Waals surface area contributed by atoms with Gasteiger partial charge in [-0.15, -0.1) is 0 Å². The molecule has 3 aromatic carbocycles. The molecule has 0 saturated heterocycles. The standard InChI is InChI=1S/C43H42N4O12S/c1-24-6-5-9-26(8-4-2-3-7-25-18-30(50)20-35(51)39(25)42(55)57-24)47-56-23-38(52)59-45-17-16-44-43(60)46-27-10-13-31(34(19-27)41(53)54)40-32-14-11-28(48)21-36(32)58-37-22-29(49)12-15-33(37)40/h3,7,10-15,18-22,24,45,48,50-51H,2,4-6,8-9,16-17,23H2,1H3,(H,53,54)(H2,44,46,60)/b7-3+,47-26+. The molecule has 0 bridgehead atoms. The number of aromatic carboxylic acids is 1. The molecule has 3 aromatic rings. The summed E-state index contributed by atoms with van der Waals surface area (Å²) < 4.78 is 11.4. The van der Waals surface area contributed by atoms with Crippen molar-refractivity contribution in [3.8, 4) is 39.7 Å². The van der Waals surface area contributed by atoms with E-state index in [-0.39, 0.29) is 63.3 Å². The predicted octanol–water partition coefficient (Wildman–Crippen LogP) is 6.70. The third-order valence-electron chi connectivity index (χ3n) is 9.38. The Morgan fingerprint density at radius 3 is 2.53 bits per heavy atom. The largest absolute Gasteiger partial charge is 0.508 e.